The molecule has 0 heterocycles. The van der Waals surface area contributed by atoms with Crippen LogP contribution in [0.5, 0.6) is 5.75 Å². The first kappa shape index (κ1) is 21.4. The summed E-state index contributed by atoms with van der Waals surface area (Å²) >= 11 is 0. The first-order valence-corrected chi connectivity index (χ1v) is 9.42. The van der Waals surface area contributed by atoms with Gasteiger partial charge in [-0.15, -0.1) is 0 Å². The number of aryl methyl sites for hydroxylation is 1. The second-order valence-corrected chi connectivity index (χ2v) is 7.03. The van der Waals surface area contributed by atoms with Crippen molar-refractivity contribution in [3.63, 3.8) is 0 Å². The van der Waals surface area contributed by atoms with Gasteiger partial charge in [0.25, 0.3) is 11.8 Å². The number of amides is 2. The second kappa shape index (κ2) is 10.4. The van der Waals surface area contributed by atoms with E-state index in [1.54, 1.807) is 43.3 Å². The van der Waals surface area contributed by atoms with E-state index >= 15 is 0 Å². The molecule has 0 unspecified atom stereocenters. The molecule has 2 rings (SSSR count). The molecule has 0 aliphatic rings. The van der Waals surface area contributed by atoms with Crippen LogP contribution in [-0.2, 0) is 0 Å². The highest BCUT2D eigenvalue weighted by molar-refractivity contribution is 5.95. The number of rotatable bonds is 9. The van der Waals surface area contributed by atoms with Gasteiger partial charge in [-0.2, -0.15) is 0 Å². The number of hydrogen-bond donors (Lipinski definition) is 2. The minimum Gasteiger partial charge on any atom is -0.494 e. The Morgan fingerprint density at radius 2 is 1.54 bits per heavy atom. The van der Waals surface area contributed by atoms with Gasteiger partial charge in [-0.05, 0) is 61.2 Å². The maximum atomic E-state index is 13.5. The second-order valence-electron chi connectivity index (χ2n) is 7.03. The molecule has 5 nitrogen and oxygen atoms in total. The Labute approximate surface area is 165 Å². The number of ether oxygens (including phenoxy) is 1. The van der Waals surface area contributed by atoms with E-state index in [9.17, 15) is 14.0 Å². The third-order valence-corrected chi connectivity index (χ3v) is 4.21. The summed E-state index contributed by atoms with van der Waals surface area (Å²) in [5, 5.41) is 5.39. The van der Waals surface area contributed by atoms with Gasteiger partial charge in [0.2, 0.25) is 0 Å². The summed E-state index contributed by atoms with van der Waals surface area (Å²) in [6, 6.07) is 11.3. The van der Waals surface area contributed by atoms with Crippen molar-refractivity contribution in [1.82, 2.24) is 10.6 Å². The van der Waals surface area contributed by atoms with Crippen LogP contribution in [0.1, 0.15) is 46.5 Å². The molecule has 0 spiro atoms. The first-order valence-electron chi connectivity index (χ1n) is 9.42. The maximum Gasteiger partial charge on any atom is 0.251 e. The fourth-order valence-corrected chi connectivity index (χ4v) is 2.41. The number of carbonyl (C=O) groups excluding carboxylic acids is 2. The van der Waals surface area contributed by atoms with E-state index in [-0.39, 0.29) is 30.5 Å². The van der Waals surface area contributed by atoms with Crippen molar-refractivity contribution in [2.24, 2.45) is 5.92 Å². The number of benzene rings is 2. The van der Waals surface area contributed by atoms with Gasteiger partial charge < -0.3 is 15.4 Å². The summed E-state index contributed by atoms with van der Waals surface area (Å²) < 4.78 is 19.1. The van der Waals surface area contributed by atoms with E-state index in [1.807, 2.05) is 0 Å². The topological polar surface area (TPSA) is 67.4 Å². The molecule has 0 radical (unpaired) electrons. The van der Waals surface area contributed by atoms with E-state index < -0.39 is 5.82 Å². The molecule has 0 saturated carbocycles. The van der Waals surface area contributed by atoms with Crippen LogP contribution in [0.25, 0.3) is 0 Å². The van der Waals surface area contributed by atoms with E-state index in [0.29, 0.717) is 23.7 Å². The summed E-state index contributed by atoms with van der Waals surface area (Å²) in [4.78, 5) is 24.1. The minimum absolute atomic E-state index is 0.232. The largest absolute Gasteiger partial charge is 0.494 e. The van der Waals surface area contributed by atoms with E-state index in [1.165, 1.54) is 6.07 Å². The van der Waals surface area contributed by atoms with Gasteiger partial charge in [0.15, 0.2) is 0 Å². The van der Waals surface area contributed by atoms with Crippen LogP contribution in [0.2, 0.25) is 0 Å². The highest BCUT2D eigenvalue weighted by Gasteiger charge is 2.09. The summed E-state index contributed by atoms with van der Waals surface area (Å²) in [7, 11) is 0. The predicted octanol–water partition coefficient (Wildman–Crippen LogP) is 3.72. The summed E-state index contributed by atoms with van der Waals surface area (Å²) in [6.45, 7) is 7.07. The molecule has 2 N–H and O–H groups in total. The summed E-state index contributed by atoms with van der Waals surface area (Å²) in [5.74, 6) is 0.281. The van der Waals surface area contributed by atoms with Gasteiger partial charge in [0.05, 0.1) is 6.61 Å². The zero-order valence-corrected chi connectivity index (χ0v) is 16.5. The van der Waals surface area contributed by atoms with Crippen LogP contribution >= 0.6 is 0 Å². The number of nitrogens with one attached hydrogen (secondary N) is 2. The molecule has 0 aliphatic heterocycles. The fourth-order valence-electron chi connectivity index (χ4n) is 2.41. The van der Waals surface area contributed by atoms with Crippen molar-refractivity contribution < 1.29 is 18.7 Å². The molecule has 0 atom stereocenters. The average Bonchev–Trinajstić information content (AvgIpc) is 2.67. The van der Waals surface area contributed by atoms with Crippen LogP contribution in [0.4, 0.5) is 4.39 Å². The van der Waals surface area contributed by atoms with Crippen LogP contribution in [0, 0.1) is 18.7 Å². The number of hydrogen-bond acceptors (Lipinski definition) is 3. The quantitative estimate of drug-likeness (QED) is 0.646. The Bertz CT molecular complexity index is 804. The molecule has 150 valence electrons. The third kappa shape index (κ3) is 6.68. The molecule has 0 aliphatic carbocycles. The Balaban J connectivity index is 1.73. The molecule has 2 amide bonds. The molecule has 0 bridgehead atoms. The van der Waals surface area contributed by atoms with Crippen LogP contribution in [0.3, 0.4) is 0 Å². The lowest BCUT2D eigenvalue weighted by Crippen LogP contribution is -2.34. The smallest absolute Gasteiger partial charge is 0.251 e. The SMILES string of the molecule is Cc1ccc(C(=O)NCCNC(=O)c2ccc(OCCC(C)C)cc2)cc1F. The summed E-state index contributed by atoms with van der Waals surface area (Å²) in [5.41, 5.74) is 1.26. The van der Waals surface area contributed by atoms with E-state index in [4.69, 9.17) is 4.74 Å². The fraction of sp³-hybridized carbons (Fsp3) is 0.364. The van der Waals surface area contributed by atoms with Crippen molar-refractivity contribution in [1.29, 1.82) is 0 Å². The third-order valence-electron chi connectivity index (χ3n) is 4.21. The maximum absolute atomic E-state index is 13.5. The van der Waals surface area contributed by atoms with Gasteiger partial charge >= 0.3 is 0 Å². The van der Waals surface area contributed by atoms with Crippen molar-refractivity contribution in [3.05, 3.63) is 65.0 Å². The first-order chi connectivity index (χ1) is 13.4. The molecule has 0 aromatic heterocycles. The molecular weight excluding hydrogens is 359 g/mol. The zero-order valence-electron chi connectivity index (χ0n) is 16.5. The molecular formula is C22H27FN2O3. The minimum atomic E-state index is -0.419. The number of carbonyl (C=O) groups is 2. The van der Waals surface area contributed by atoms with Crippen molar-refractivity contribution in [2.45, 2.75) is 27.2 Å². The van der Waals surface area contributed by atoms with Crippen molar-refractivity contribution in [3.8, 4) is 5.75 Å². The Morgan fingerprint density at radius 1 is 0.964 bits per heavy atom. The van der Waals surface area contributed by atoms with Gasteiger partial charge in [-0.3, -0.25) is 9.59 Å². The standard InChI is InChI=1S/C22H27FN2O3/c1-15(2)10-13-28-19-8-6-17(7-9-19)21(26)24-11-12-25-22(27)18-5-4-16(3)20(23)14-18/h4-9,14-15H,10-13H2,1-3H3,(H,24,26)(H,25,27). The Hall–Kier alpha value is -2.89. The highest BCUT2D eigenvalue weighted by atomic mass is 19.1. The summed E-state index contributed by atoms with van der Waals surface area (Å²) in [6.07, 6.45) is 0.975. The number of halogens is 1. The van der Waals surface area contributed by atoms with Gasteiger partial charge in [0.1, 0.15) is 11.6 Å². The van der Waals surface area contributed by atoms with Gasteiger partial charge in [0, 0.05) is 24.2 Å². The van der Waals surface area contributed by atoms with Crippen molar-refractivity contribution >= 4 is 11.8 Å². The Kier molecular flexibility index (Phi) is 7.99. The highest BCUT2D eigenvalue weighted by Crippen LogP contribution is 2.13. The lowest BCUT2D eigenvalue weighted by atomic mass is 10.1. The van der Waals surface area contributed by atoms with Crippen molar-refractivity contribution in [2.75, 3.05) is 19.7 Å². The molecule has 6 heteroatoms. The van der Waals surface area contributed by atoms with Crippen LogP contribution < -0.4 is 15.4 Å². The van der Waals surface area contributed by atoms with Crippen LogP contribution in [-0.4, -0.2) is 31.5 Å². The molecule has 2 aromatic rings. The monoisotopic (exact) mass is 386 g/mol. The normalized spacial score (nSPS) is 10.6. The average molecular weight is 386 g/mol. The lowest BCUT2D eigenvalue weighted by molar-refractivity contribution is 0.0927. The van der Waals surface area contributed by atoms with E-state index in [0.717, 1.165) is 12.2 Å². The molecule has 0 saturated heterocycles. The van der Waals surface area contributed by atoms with Gasteiger partial charge in [-0.1, -0.05) is 19.9 Å². The van der Waals surface area contributed by atoms with Gasteiger partial charge in [-0.25, -0.2) is 4.39 Å². The zero-order chi connectivity index (χ0) is 20.5. The van der Waals surface area contributed by atoms with Crippen LogP contribution in [0.15, 0.2) is 42.5 Å². The molecule has 0 fully saturated rings. The molecule has 28 heavy (non-hydrogen) atoms. The molecule has 2 aromatic carbocycles. The predicted molar refractivity (Wildman–Crippen MR) is 107 cm³/mol. The van der Waals surface area contributed by atoms with E-state index in [2.05, 4.69) is 24.5 Å². The lowest BCUT2D eigenvalue weighted by Gasteiger charge is -2.10. The Morgan fingerprint density at radius 3 is 2.11 bits per heavy atom.